The Hall–Kier alpha value is -0.610. The molecule has 0 spiro atoms. The Kier molecular flexibility index (Phi) is 28.5. The highest BCUT2D eigenvalue weighted by Crippen LogP contribution is 2.16. The quantitative estimate of drug-likeness (QED) is 0.0939. The van der Waals surface area contributed by atoms with Gasteiger partial charge in [-0.05, 0) is 26.2 Å². The van der Waals surface area contributed by atoms with E-state index in [9.17, 15) is 9.90 Å². The van der Waals surface area contributed by atoms with Gasteiger partial charge in [0.25, 0.3) is 0 Å². The normalized spacial score (nSPS) is 13.2. The Labute approximate surface area is 225 Å². The summed E-state index contributed by atoms with van der Waals surface area (Å²) in [6.45, 7) is 4.61. The molecule has 0 aromatic carbocycles. The summed E-state index contributed by atoms with van der Waals surface area (Å²) in [6, 6.07) is 0. The van der Waals surface area contributed by atoms with Gasteiger partial charge in [-0.15, -0.1) is 0 Å². The molecule has 0 aliphatic heterocycles. The molecule has 0 fully saturated rings. The summed E-state index contributed by atoms with van der Waals surface area (Å²) >= 11 is 0. The van der Waals surface area contributed by atoms with Crippen LogP contribution < -0.4 is 0 Å². The smallest absolute Gasteiger partial charge is 0.303 e. The summed E-state index contributed by atoms with van der Waals surface area (Å²) in [4.78, 5) is 10.5. The van der Waals surface area contributed by atoms with Crippen molar-refractivity contribution in [3.63, 3.8) is 0 Å². The molecule has 0 aliphatic carbocycles. The summed E-state index contributed by atoms with van der Waals surface area (Å²) in [5.41, 5.74) is 0. The minimum Gasteiger partial charge on any atom is -0.481 e. The molecule has 0 saturated carbocycles. The minimum atomic E-state index is -0.655. The lowest BCUT2D eigenvalue weighted by atomic mass is 10.0. The van der Waals surface area contributed by atoms with Crippen molar-refractivity contribution in [1.29, 1.82) is 0 Å². The zero-order valence-corrected chi connectivity index (χ0v) is 24.5. The lowest BCUT2D eigenvalue weighted by Gasteiger charge is -2.15. The number of carboxylic acid groups (broad SMARTS) is 1. The molecule has 0 aromatic rings. The molecule has 0 saturated heterocycles. The van der Waals surface area contributed by atoms with Crippen molar-refractivity contribution in [1.82, 2.24) is 0 Å². The highest BCUT2D eigenvalue weighted by atomic mass is 16.5. The minimum absolute atomic E-state index is 0.280. The average Bonchev–Trinajstić information content (AvgIpc) is 2.87. The molecule has 4 heteroatoms. The van der Waals surface area contributed by atoms with Gasteiger partial charge in [0.1, 0.15) is 0 Å². The van der Waals surface area contributed by atoms with Gasteiger partial charge in [-0.3, -0.25) is 4.79 Å². The van der Waals surface area contributed by atoms with Crippen molar-refractivity contribution < 1.29 is 19.7 Å². The molecule has 2 N–H and O–H groups in total. The van der Waals surface area contributed by atoms with E-state index in [-0.39, 0.29) is 12.2 Å². The average molecular weight is 513 g/mol. The predicted molar refractivity (Wildman–Crippen MR) is 155 cm³/mol. The van der Waals surface area contributed by atoms with Gasteiger partial charge in [-0.1, -0.05) is 148 Å². The van der Waals surface area contributed by atoms with Crippen LogP contribution >= 0.6 is 0 Å². The van der Waals surface area contributed by atoms with Crippen LogP contribution in [0.2, 0.25) is 0 Å². The fraction of sp³-hybridized carbons (Fsp3) is 0.969. The maximum Gasteiger partial charge on any atom is 0.303 e. The number of aliphatic hydroxyl groups excluding tert-OH is 1. The number of rotatable bonds is 30. The summed E-state index contributed by atoms with van der Waals surface area (Å²) < 4.78 is 5.69. The van der Waals surface area contributed by atoms with Gasteiger partial charge < -0.3 is 14.9 Å². The number of carboxylic acids is 1. The van der Waals surface area contributed by atoms with Crippen LogP contribution in [0, 0.1) is 0 Å². The third-order valence-corrected chi connectivity index (χ3v) is 7.55. The number of hydrogen-bond acceptors (Lipinski definition) is 3. The molecule has 0 radical (unpaired) electrons. The lowest BCUT2D eigenvalue weighted by Crippen LogP contribution is -2.19. The molecule has 0 rings (SSSR count). The van der Waals surface area contributed by atoms with Gasteiger partial charge in [-0.25, -0.2) is 0 Å². The number of unbranched alkanes of at least 4 members (excludes halogenated alkanes) is 22. The number of ether oxygens (including phenoxy) is 1. The van der Waals surface area contributed by atoms with Crippen LogP contribution in [0.25, 0.3) is 0 Å². The summed E-state index contributed by atoms with van der Waals surface area (Å²) in [5, 5.41) is 18.2. The van der Waals surface area contributed by atoms with Crippen molar-refractivity contribution in [3.8, 4) is 0 Å². The Morgan fingerprint density at radius 2 is 0.889 bits per heavy atom. The van der Waals surface area contributed by atoms with Gasteiger partial charge in [0.15, 0.2) is 0 Å². The second-order valence-electron chi connectivity index (χ2n) is 11.3. The van der Waals surface area contributed by atoms with Crippen LogP contribution in [0.3, 0.4) is 0 Å². The van der Waals surface area contributed by atoms with E-state index in [4.69, 9.17) is 9.84 Å². The first-order chi connectivity index (χ1) is 17.6. The van der Waals surface area contributed by atoms with Gasteiger partial charge >= 0.3 is 5.97 Å². The van der Waals surface area contributed by atoms with E-state index in [1.165, 1.54) is 135 Å². The zero-order chi connectivity index (χ0) is 26.5. The van der Waals surface area contributed by atoms with E-state index < -0.39 is 5.97 Å². The first kappa shape index (κ1) is 35.4. The summed E-state index contributed by atoms with van der Waals surface area (Å²) in [6.07, 6.45) is 33.1. The largest absolute Gasteiger partial charge is 0.481 e. The number of carbonyl (C=O) groups is 1. The molecule has 0 aromatic heterocycles. The van der Waals surface area contributed by atoms with E-state index in [1.54, 1.807) is 0 Å². The molecule has 216 valence electrons. The second-order valence-corrected chi connectivity index (χ2v) is 11.3. The first-order valence-corrected chi connectivity index (χ1v) is 16.1. The fourth-order valence-electron chi connectivity index (χ4n) is 4.90. The van der Waals surface area contributed by atoms with Gasteiger partial charge in [-0.2, -0.15) is 0 Å². The SMILES string of the molecule is CCC(O)COC(C)CCCCCCCCCCCCCCCCCCCCCCCCCC(=O)O. The molecule has 0 heterocycles. The molecule has 2 unspecified atom stereocenters. The summed E-state index contributed by atoms with van der Waals surface area (Å²) in [7, 11) is 0. The first-order valence-electron chi connectivity index (χ1n) is 16.1. The second kappa shape index (κ2) is 29.0. The van der Waals surface area contributed by atoms with E-state index in [0.29, 0.717) is 13.0 Å². The maximum atomic E-state index is 10.5. The standard InChI is InChI=1S/C32H64O4/c1-3-31(33)29-36-30(2)27-25-23-21-19-17-15-13-11-9-7-5-4-6-8-10-12-14-16-18-20-22-24-26-28-32(34)35/h30-31,33H,3-29H2,1-2H3,(H,34,35). The fourth-order valence-corrected chi connectivity index (χ4v) is 4.90. The monoisotopic (exact) mass is 512 g/mol. The molecular weight excluding hydrogens is 448 g/mol. The number of aliphatic hydroxyl groups is 1. The van der Waals surface area contributed by atoms with Gasteiger partial charge in [0.05, 0.1) is 18.8 Å². The Bertz CT molecular complexity index is 440. The third-order valence-electron chi connectivity index (χ3n) is 7.55. The van der Waals surface area contributed by atoms with Crippen molar-refractivity contribution in [2.75, 3.05) is 6.61 Å². The number of hydrogen-bond donors (Lipinski definition) is 2. The Balaban J connectivity index is 3.10. The van der Waals surface area contributed by atoms with Crippen LogP contribution in [0.15, 0.2) is 0 Å². The van der Waals surface area contributed by atoms with Crippen molar-refractivity contribution in [3.05, 3.63) is 0 Å². The molecular formula is C32H64O4. The van der Waals surface area contributed by atoms with Crippen molar-refractivity contribution in [2.24, 2.45) is 0 Å². The molecule has 0 aliphatic rings. The van der Waals surface area contributed by atoms with Crippen molar-refractivity contribution in [2.45, 2.75) is 193 Å². The van der Waals surface area contributed by atoms with Crippen LogP contribution in [-0.4, -0.2) is 35.0 Å². The van der Waals surface area contributed by atoms with Gasteiger partial charge in [0.2, 0.25) is 0 Å². The molecule has 4 nitrogen and oxygen atoms in total. The third kappa shape index (κ3) is 29.6. The highest BCUT2D eigenvalue weighted by molar-refractivity contribution is 5.66. The maximum absolute atomic E-state index is 10.5. The summed E-state index contributed by atoms with van der Waals surface area (Å²) in [5.74, 6) is -0.655. The van der Waals surface area contributed by atoms with Crippen LogP contribution in [0.5, 0.6) is 0 Å². The molecule has 0 bridgehead atoms. The van der Waals surface area contributed by atoms with Gasteiger partial charge in [0, 0.05) is 6.42 Å². The molecule has 2 atom stereocenters. The lowest BCUT2D eigenvalue weighted by molar-refractivity contribution is -0.137. The predicted octanol–water partition coefficient (Wildman–Crippen LogP) is 10.00. The van der Waals surface area contributed by atoms with E-state index >= 15 is 0 Å². The molecule has 36 heavy (non-hydrogen) atoms. The Morgan fingerprint density at radius 1 is 0.583 bits per heavy atom. The van der Waals surface area contributed by atoms with Crippen LogP contribution in [0.1, 0.15) is 181 Å². The van der Waals surface area contributed by atoms with E-state index in [1.807, 2.05) is 6.92 Å². The zero-order valence-electron chi connectivity index (χ0n) is 24.5. The highest BCUT2D eigenvalue weighted by Gasteiger charge is 2.06. The van der Waals surface area contributed by atoms with Crippen LogP contribution in [0.4, 0.5) is 0 Å². The number of aliphatic carboxylic acids is 1. The van der Waals surface area contributed by atoms with Crippen LogP contribution in [-0.2, 0) is 9.53 Å². The van der Waals surface area contributed by atoms with E-state index in [0.717, 1.165) is 25.7 Å². The van der Waals surface area contributed by atoms with E-state index in [2.05, 4.69) is 6.92 Å². The van der Waals surface area contributed by atoms with Crippen molar-refractivity contribution >= 4 is 5.97 Å². The molecule has 0 amide bonds. The topological polar surface area (TPSA) is 66.8 Å². The Morgan fingerprint density at radius 3 is 1.19 bits per heavy atom.